The Bertz CT molecular complexity index is 412. The zero-order valence-corrected chi connectivity index (χ0v) is 11.6. The third-order valence-electron chi connectivity index (χ3n) is 2.74. The lowest BCUT2D eigenvalue weighted by molar-refractivity contribution is -0.121. The average Bonchev–Trinajstić information content (AvgIpc) is 2.36. The van der Waals surface area contributed by atoms with E-state index in [2.05, 4.69) is 10.6 Å². The molecule has 1 amide bonds. The van der Waals surface area contributed by atoms with Crippen LogP contribution >= 0.6 is 0 Å². The van der Waals surface area contributed by atoms with Gasteiger partial charge < -0.3 is 15.4 Å². The molecule has 0 aliphatic rings. The number of methoxy groups -OCH3 is 1. The number of hydrogen-bond donors (Lipinski definition) is 2. The monoisotopic (exact) mass is 268 g/mol. The van der Waals surface area contributed by atoms with Crippen molar-refractivity contribution < 1.29 is 13.9 Å². The summed E-state index contributed by atoms with van der Waals surface area (Å²) in [4.78, 5) is 11.6. The van der Waals surface area contributed by atoms with Gasteiger partial charge in [-0.2, -0.15) is 0 Å². The number of hydrogen-bond acceptors (Lipinski definition) is 3. The van der Waals surface area contributed by atoms with Gasteiger partial charge >= 0.3 is 0 Å². The molecule has 0 bridgehead atoms. The lowest BCUT2D eigenvalue weighted by Crippen LogP contribution is -2.41. The molecule has 1 unspecified atom stereocenters. The molecule has 2 atom stereocenters. The second kappa shape index (κ2) is 7.86. The zero-order valence-electron chi connectivity index (χ0n) is 11.6. The number of rotatable bonds is 7. The molecular weight excluding hydrogens is 247 g/mol. The summed E-state index contributed by atoms with van der Waals surface area (Å²) in [5.74, 6) is -0.378. The predicted molar refractivity (Wildman–Crippen MR) is 72.3 cm³/mol. The van der Waals surface area contributed by atoms with Crippen molar-refractivity contribution in [3.8, 4) is 0 Å². The molecule has 0 aromatic heterocycles. The highest BCUT2D eigenvalue weighted by Gasteiger charge is 2.10. The van der Waals surface area contributed by atoms with Gasteiger partial charge in [-0.15, -0.1) is 0 Å². The van der Waals surface area contributed by atoms with Crippen LogP contribution in [0.15, 0.2) is 24.3 Å². The van der Waals surface area contributed by atoms with Gasteiger partial charge in [0.1, 0.15) is 5.82 Å². The molecule has 4 nitrogen and oxygen atoms in total. The van der Waals surface area contributed by atoms with E-state index in [1.54, 1.807) is 13.2 Å². The number of carbonyl (C=O) groups excluding carboxylic acids is 1. The SMILES string of the molecule is COCC(C)NC(=O)CN[C@H](C)c1cccc(F)c1. The molecule has 0 radical (unpaired) electrons. The minimum absolute atomic E-state index is 0.0243. The fraction of sp³-hybridized carbons (Fsp3) is 0.500. The predicted octanol–water partition coefficient (Wildman–Crippen LogP) is 1.63. The summed E-state index contributed by atoms with van der Waals surface area (Å²) in [5.41, 5.74) is 0.817. The first-order valence-electron chi connectivity index (χ1n) is 6.30. The fourth-order valence-corrected chi connectivity index (χ4v) is 1.76. The van der Waals surface area contributed by atoms with E-state index >= 15 is 0 Å². The third-order valence-corrected chi connectivity index (χ3v) is 2.74. The van der Waals surface area contributed by atoms with Crippen LogP contribution in [0, 0.1) is 5.82 Å². The summed E-state index contributed by atoms with van der Waals surface area (Å²) < 4.78 is 18.0. The first-order chi connectivity index (χ1) is 9.02. The van der Waals surface area contributed by atoms with Crippen LogP contribution in [0.1, 0.15) is 25.5 Å². The topological polar surface area (TPSA) is 50.4 Å². The van der Waals surface area contributed by atoms with Crippen molar-refractivity contribution in [3.63, 3.8) is 0 Å². The Balaban J connectivity index is 2.37. The molecule has 0 saturated heterocycles. The van der Waals surface area contributed by atoms with Crippen molar-refractivity contribution in [1.29, 1.82) is 0 Å². The molecule has 0 heterocycles. The van der Waals surface area contributed by atoms with Crippen LogP contribution in [0.5, 0.6) is 0 Å². The maximum Gasteiger partial charge on any atom is 0.234 e. The molecular formula is C14H21FN2O2. The summed E-state index contributed by atoms with van der Waals surface area (Å²) >= 11 is 0. The van der Waals surface area contributed by atoms with Crippen molar-refractivity contribution in [1.82, 2.24) is 10.6 Å². The van der Waals surface area contributed by atoms with E-state index in [1.165, 1.54) is 12.1 Å². The summed E-state index contributed by atoms with van der Waals surface area (Å²) in [7, 11) is 1.59. The van der Waals surface area contributed by atoms with Gasteiger partial charge in [0, 0.05) is 19.2 Å². The molecule has 5 heteroatoms. The number of halogens is 1. The minimum Gasteiger partial charge on any atom is -0.383 e. The maximum atomic E-state index is 13.1. The first kappa shape index (κ1) is 15.6. The van der Waals surface area contributed by atoms with Crippen molar-refractivity contribution in [3.05, 3.63) is 35.6 Å². The Labute approximate surface area is 113 Å². The van der Waals surface area contributed by atoms with Crippen LogP contribution in [0.2, 0.25) is 0 Å². The molecule has 0 spiro atoms. The van der Waals surface area contributed by atoms with E-state index in [0.717, 1.165) is 5.56 Å². The summed E-state index contributed by atoms with van der Waals surface area (Å²) in [6.07, 6.45) is 0. The molecule has 1 aromatic carbocycles. The highest BCUT2D eigenvalue weighted by molar-refractivity contribution is 5.78. The van der Waals surface area contributed by atoms with E-state index in [4.69, 9.17) is 4.74 Å². The smallest absolute Gasteiger partial charge is 0.234 e. The Morgan fingerprint density at radius 1 is 1.42 bits per heavy atom. The third kappa shape index (κ3) is 5.81. The first-order valence-corrected chi connectivity index (χ1v) is 6.30. The van der Waals surface area contributed by atoms with Crippen LogP contribution in [0.4, 0.5) is 4.39 Å². The van der Waals surface area contributed by atoms with Gasteiger partial charge in [-0.3, -0.25) is 4.79 Å². The summed E-state index contributed by atoms with van der Waals surface area (Å²) in [6.45, 7) is 4.43. The standard InChI is InChI=1S/C14H21FN2O2/c1-10(9-19-3)17-14(18)8-16-11(2)12-5-4-6-13(15)7-12/h4-7,10-11,16H,8-9H2,1-3H3,(H,17,18)/t10?,11-/m1/s1. The molecule has 0 aliphatic carbocycles. The molecule has 0 saturated carbocycles. The second-order valence-electron chi connectivity index (χ2n) is 4.58. The van der Waals surface area contributed by atoms with Gasteiger partial charge in [-0.25, -0.2) is 4.39 Å². The van der Waals surface area contributed by atoms with E-state index in [9.17, 15) is 9.18 Å². The highest BCUT2D eigenvalue weighted by atomic mass is 19.1. The normalized spacial score (nSPS) is 13.9. The second-order valence-corrected chi connectivity index (χ2v) is 4.58. The van der Waals surface area contributed by atoms with Crippen LogP contribution in [0.25, 0.3) is 0 Å². The van der Waals surface area contributed by atoms with Gasteiger partial charge in [0.25, 0.3) is 0 Å². The summed E-state index contributed by atoms with van der Waals surface area (Å²) in [5, 5.41) is 5.85. The molecule has 1 aromatic rings. The number of carbonyl (C=O) groups is 1. The number of benzene rings is 1. The average molecular weight is 268 g/mol. The molecule has 2 N–H and O–H groups in total. The van der Waals surface area contributed by atoms with Crippen LogP contribution in [-0.4, -0.2) is 32.2 Å². The van der Waals surface area contributed by atoms with Crippen LogP contribution < -0.4 is 10.6 Å². The van der Waals surface area contributed by atoms with E-state index in [-0.39, 0.29) is 30.4 Å². The van der Waals surface area contributed by atoms with Crippen LogP contribution in [-0.2, 0) is 9.53 Å². The molecule has 0 fully saturated rings. The number of ether oxygens (including phenoxy) is 1. The van der Waals surface area contributed by atoms with E-state index < -0.39 is 0 Å². The van der Waals surface area contributed by atoms with Gasteiger partial charge in [0.2, 0.25) is 5.91 Å². The lowest BCUT2D eigenvalue weighted by atomic mass is 10.1. The minimum atomic E-state index is -0.274. The van der Waals surface area contributed by atoms with Crippen molar-refractivity contribution in [2.45, 2.75) is 25.9 Å². The Kier molecular flexibility index (Phi) is 6.45. The van der Waals surface area contributed by atoms with E-state index in [1.807, 2.05) is 19.9 Å². The Morgan fingerprint density at radius 2 is 2.16 bits per heavy atom. The van der Waals surface area contributed by atoms with Gasteiger partial charge in [-0.05, 0) is 31.5 Å². The van der Waals surface area contributed by atoms with Crippen molar-refractivity contribution in [2.75, 3.05) is 20.3 Å². The lowest BCUT2D eigenvalue weighted by Gasteiger charge is -2.16. The fourth-order valence-electron chi connectivity index (χ4n) is 1.76. The Hall–Kier alpha value is -1.46. The molecule has 106 valence electrons. The van der Waals surface area contributed by atoms with E-state index in [0.29, 0.717) is 6.61 Å². The largest absolute Gasteiger partial charge is 0.383 e. The maximum absolute atomic E-state index is 13.1. The quantitative estimate of drug-likeness (QED) is 0.790. The van der Waals surface area contributed by atoms with Gasteiger partial charge in [-0.1, -0.05) is 12.1 Å². The molecule has 1 rings (SSSR count). The van der Waals surface area contributed by atoms with Crippen LogP contribution in [0.3, 0.4) is 0 Å². The highest BCUT2D eigenvalue weighted by Crippen LogP contribution is 2.12. The summed E-state index contributed by atoms with van der Waals surface area (Å²) in [6, 6.07) is 6.23. The number of nitrogens with one attached hydrogen (secondary N) is 2. The molecule has 0 aliphatic heterocycles. The van der Waals surface area contributed by atoms with Gasteiger partial charge in [0.15, 0.2) is 0 Å². The zero-order chi connectivity index (χ0) is 14.3. The van der Waals surface area contributed by atoms with Crippen molar-refractivity contribution >= 4 is 5.91 Å². The Morgan fingerprint density at radius 3 is 2.79 bits per heavy atom. The van der Waals surface area contributed by atoms with Gasteiger partial charge in [0.05, 0.1) is 13.2 Å². The number of amides is 1. The molecule has 19 heavy (non-hydrogen) atoms. The van der Waals surface area contributed by atoms with Crippen molar-refractivity contribution in [2.24, 2.45) is 0 Å².